The number of hydrogen-bond donors (Lipinski definition) is 2. The van der Waals surface area contributed by atoms with Crippen LogP contribution in [0.2, 0.25) is 0 Å². The molecule has 0 spiro atoms. The van der Waals surface area contributed by atoms with Crippen molar-refractivity contribution in [2.24, 2.45) is 0 Å². The maximum atomic E-state index is 13.6. The van der Waals surface area contributed by atoms with Crippen LogP contribution >= 0.6 is 0 Å². The van der Waals surface area contributed by atoms with Gasteiger partial charge < -0.3 is 15.0 Å². The van der Waals surface area contributed by atoms with Gasteiger partial charge in [-0.2, -0.15) is 0 Å². The average molecular weight is 352 g/mol. The van der Waals surface area contributed by atoms with Crippen LogP contribution in [0.3, 0.4) is 0 Å². The molecule has 0 bridgehead atoms. The van der Waals surface area contributed by atoms with Crippen LogP contribution in [0.15, 0.2) is 48.5 Å². The van der Waals surface area contributed by atoms with Gasteiger partial charge in [-0.15, -0.1) is 0 Å². The summed E-state index contributed by atoms with van der Waals surface area (Å²) in [5, 5.41) is 14.3. The third kappa shape index (κ3) is 3.10. The molecule has 1 saturated carbocycles. The Morgan fingerprint density at radius 2 is 2.00 bits per heavy atom. The van der Waals surface area contributed by atoms with Crippen molar-refractivity contribution in [2.75, 3.05) is 0 Å². The fraction of sp³-hybridized carbons (Fsp3) is 0.286. The number of nitrogens with one attached hydrogen (secondary N) is 1. The predicted molar refractivity (Wildman–Crippen MR) is 98.9 cm³/mol. The van der Waals surface area contributed by atoms with Crippen LogP contribution in [0.5, 0.6) is 0 Å². The molecule has 4 rings (SSSR count). The molecule has 2 aromatic carbocycles. The van der Waals surface area contributed by atoms with Crippen LogP contribution in [0.1, 0.15) is 40.9 Å². The number of rotatable bonds is 6. The maximum absolute atomic E-state index is 13.6. The van der Waals surface area contributed by atoms with Crippen molar-refractivity contribution in [2.45, 2.75) is 38.4 Å². The van der Waals surface area contributed by atoms with Crippen LogP contribution in [0.25, 0.3) is 10.9 Å². The van der Waals surface area contributed by atoms with Crippen molar-refractivity contribution in [3.8, 4) is 0 Å². The van der Waals surface area contributed by atoms with Gasteiger partial charge in [0.1, 0.15) is 11.5 Å². The Labute approximate surface area is 151 Å². The summed E-state index contributed by atoms with van der Waals surface area (Å²) in [6.45, 7) is 0.853. The van der Waals surface area contributed by atoms with E-state index in [4.69, 9.17) is 0 Å². The first-order valence-corrected chi connectivity index (χ1v) is 8.94. The maximum Gasteiger partial charge on any atom is 0.352 e. The lowest BCUT2D eigenvalue weighted by molar-refractivity contribution is 0.0684. The first-order chi connectivity index (χ1) is 12.6. The van der Waals surface area contributed by atoms with Gasteiger partial charge in [0.05, 0.1) is 0 Å². The molecule has 5 heteroatoms. The molecule has 1 fully saturated rings. The molecule has 0 aliphatic heterocycles. The van der Waals surface area contributed by atoms with Crippen LogP contribution in [0, 0.1) is 5.82 Å². The Morgan fingerprint density at radius 3 is 2.69 bits per heavy atom. The quantitative estimate of drug-likeness (QED) is 0.700. The summed E-state index contributed by atoms with van der Waals surface area (Å²) in [5.41, 5.74) is 2.69. The molecular formula is C21H21FN2O2. The van der Waals surface area contributed by atoms with Crippen LogP contribution in [0.4, 0.5) is 4.39 Å². The number of fused-ring (bicyclic) bond motifs is 1. The molecular weight excluding hydrogens is 331 g/mol. The smallest absolute Gasteiger partial charge is 0.352 e. The molecule has 3 aromatic rings. The number of carboxylic acid groups (broad SMARTS) is 1. The molecule has 0 amide bonds. The van der Waals surface area contributed by atoms with Crippen LogP contribution in [-0.4, -0.2) is 21.7 Å². The fourth-order valence-electron chi connectivity index (χ4n) is 3.64. The monoisotopic (exact) mass is 352 g/mol. The first-order valence-electron chi connectivity index (χ1n) is 8.94. The van der Waals surface area contributed by atoms with Gasteiger partial charge in [0.25, 0.3) is 0 Å². The fourth-order valence-corrected chi connectivity index (χ4v) is 3.64. The van der Waals surface area contributed by atoms with E-state index in [2.05, 4.69) is 5.32 Å². The molecule has 1 aliphatic carbocycles. The van der Waals surface area contributed by atoms with Crippen LogP contribution in [-0.2, 0) is 13.1 Å². The highest BCUT2D eigenvalue weighted by molar-refractivity contribution is 5.98. The zero-order chi connectivity index (χ0) is 18.1. The molecule has 0 saturated heterocycles. The lowest BCUT2D eigenvalue weighted by Crippen LogP contribution is -2.34. The highest BCUT2D eigenvalue weighted by Crippen LogP contribution is 2.28. The Bertz CT molecular complexity index is 960. The van der Waals surface area contributed by atoms with Gasteiger partial charge >= 0.3 is 5.97 Å². The van der Waals surface area contributed by atoms with E-state index in [0.717, 1.165) is 34.9 Å². The highest BCUT2D eigenvalue weighted by atomic mass is 19.1. The van der Waals surface area contributed by atoms with E-state index in [1.54, 1.807) is 10.6 Å². The van der Waals surface area contributed by atoms with Gasteiger partial charge in [0.15, 0.2) is 0 Å². The summed E-state index contributed by atoms with van der Waals surface area (Å²) in [6.07, 6.45) is 3.51. The van der Waals surface area contributed by atoms with Gasteiger partial charge in [0, 0.05) is 35.6 Å². The molecule has 0 atom stereocenters. The Morgan fingerprint density at radius 1 is 1.19 bits per heavy atom. The first kappa shape index (κ1) is 16.8. The minimum Gasteiger partial charge on any atom is -0.477 e. The SMILES string of the molecule is O=C(O)c1c(CNC2CCC2)c2ccccc2n1Cc1cccc(F)c1. The van der Waals surface area contributed by atoms with E-state index >= 15 is 0 Å². The second-order valence-corrected chi connectivity index (χ2v) is 6.87. The van der Waals surface area contributed by atoms with Gasteiger partial charge in [-0.1, -0.05) is 36.8 Å². The van der Waals surface area contributed by atoms with Crippen molar-refractivity contribution in [1.29, 1.82) is 0 Å². The summed E-state index contributed by atoms with van der Waals surface area (Å²) in [4.78, 5) is 12.1. The number of para-hydroxylation sites is 1. The molecule has 1 heterocycles. The third-order valence-corrected chi connectivity index (χ3v) is 5.18. The average Bonchev–Trinajstić information content (AvgIpc) is 2.88. The van der Waals surface area contributed by atoms with Crippen molar-refractivity contribution < 1.29 is 14.3 Å². The number of aromatic carboxylic acids is 1. The number of halogens is 1. The van der Waals surface area contributed by atoms with E-state index in [1.807, 2.05) is 30.3 Å². The number of hydrogen-bond acceptors (Lipinski definition) is 2. The second-order valence-electron chi connectivity index (χ2n) is 6.87. The largest absolute Gasteiger partial charge is 0.477 e. The number of carbonyl (C=O) groups is 1. The topological polar surface area (TPSA) is 54.3 Å². The Kier molecular flexibility index (Phi) is 4.47. The van der Waals surface area contributed by atoms with Crippen molar-refractivity contribution >= 4 is 16.9 Å². The molecule has 0 radical (unpaired) electrons. The predicted octanol–water partition coefficient (Wildman–Crippen LogP) is 4.17. The molecule has 1 aliphatic rings. The minimum atomic E-state index is -0.956. The third-order valence-electron chi connectivity index (χ3n) is 5.18. The van der Waals surface area contributed by atoms with Gasteiger partial charge in [-0.05, 0) is 36.6 Å². The lowest BCUT2D eigenvalue weighted by atomic mass is 9.93. The van der Waals surface area contributed by atoms with Gasteiger partial charge in [-0.3, -0.25) is 0 Å². The number of nitrogens with zero attached hydrogens (tertiary/aromatic N) is 1. The summed E-state index contributed by atoms with van der Waals surface area (Å²) in [7, 11) is 0. The summed E-state index contributed by atoms with van der Waals surface area (Å²) < 4.78 is 15.3. The van der Waals surface area contributed by atoms with E-state index in [9.17, 15) is 14.3 Å². The Balaban J connectivity index is 1.79. The molecule has 4 nitrogen and oxygen atoms in total. The number of carboxylic acids is 1. The summed E-state index contributed by atoms with van der Waals surface area (Å²) in [5.74, 6) is -1.27. The number of aromatic nitrogens is 1. The molecule has 0 unspecified atom stereocenters. The second kappa shape index (κ2) is 6.92. The normalized spacial score (nSPS) is 14.5. The van der Waals surface area contributed by atoms with Gasteiger partial charge in [0.2, 0.25) is 0 Å². The van der Waals surface area contributed by atoms with E-state index < -0.39 is 5.97 Å². The molecule has 134 valence electrons. The summed E-state index contributed by atoms with van der Waals surface area (Å²) >= 11 is 0. The molecule has 26 heavy (non-hydrogen) atoms. The molecule has 2 N–H and O–H groups in total. The Hall–Kier alpha value is -2.66. The standard InChI is InChI=1S/C21H21FN2O2/c22-15-6-3-5-14(11-15)13-24-19-10-2-1-9-17(19)18(20(24)21(25)26)12-23-16-7-4-8-16/h1-3,5-6,9-11,16,23H,4,7-8,12-13H2,(H,25,26). The zero-order valence-corrected chi connectivity index (χ0v) is 14.4. The summed E-state index contributed by atoms with van der Waals surface area (Å²) in [6, 6.07) is 14.5. The molecule has 1 aromatic heterocycles. The number of benzene rings is 2. The minimum absolute atomic E-state index is 0.280. The van der Waals surface area contributed by atoms with E-state index in [0.29, 0.717) is 19.1 Å². The van der Waals surface area contributed by atoms with E-state index in [-0.39, 0.29) is 11.5 Å². The lowest BCUT2D eigenvalue weighted by Gasteiger charge is -2.26. The van der Waals surface area contributed by atoms with Crippen molar-refractivity contribution in [1.82, 2.24) is 9.88 Å². The van der Waals surface area contributed by atoms with Gasteiger partial charge in [-0.25, -0.2) is 9.18 Å². The van der Waals surface area contributed by atoms with Crippen LogP contribution < -0.4 is 5.32 Å². The highest BCUT2D eigenvalue weighted by Gasteiger charge is 2.24. The van der Waals surface area contributed by atoms with Crippen molar-refractivity contribution in [3.05, 3.63) is 71.2 Å². The van der Waals surface area contributed by atoms with E-state index in [1.165, 1.54) is 18.6 Å². The zero-order valence-electron chi connectivity index (χ0n) is 14.4. The van der Waals surface area contributed by atoms with Crippen molar-refractivity contribution in [3.63, 3.8) is 0 Å².